The molecule has 0 saturated carbocycles. The zero-order valence-corrected chi connectivity index (χ0v) is 18.3. The Kier molecular flexibility index (Phi) is 22.1. The molecule has 0 N–H and O–H groups in total. The molecule has 1 amide bonds. The van der Waals surface area contributed by atoms with E-state index in [1.807, 2.05) is 4.90 Å². The van der Waals surface area contributed by atoms with Crippen molar-refractivity contribution in [1.82, 2.24) is 4.90 Å². The minimum absolute atomic E-state index is 0.968. The van der Waals surface area contributed by atoms with Crippen molar-refractivity contribution in [3.63, 3.8) is 0 Å². The molecule has 26 heavy (non-hydrogen) atoms. The molecule has 156 valence electrons. The molecule has 0 atom stereocenters. The Morgan fingerprint density at radius 3 is 1.00 bits per heavy atom. The topological polar surface area (TPSA) is 20.3 Å². The first-order valence-electron chi connectivity index (χ1n) is 12.0. The molecule has 2 nitrogen and oxygen atoms in total. The molecular weight excluding hydrogens is 318 g/mol. The molecule has 0 aromatic carbocycles. The van der Waals surface area contributed by atoms with Crippen LogP contribution in [0.4, 0.5) is 0 Å². The number of rotatable bonds is 22. The van der Waals surface area contributed by atoms with E-state index in [1.54, 1.807) is 0 Å². The third kappa shape index (κ3) is 19.8. The zero-order valence-electron chi connectivity index (χ0n) is 18.3. The van der Waals surface area contributed by atoms with Crippen LogP contribution >= 0.6 is 0 Å². The highest BCUT2D eigenvalue weighted by Crippen LogP contribution is 2.12. The average Bonchev–Trinajstić information content (AvgIpc) is 2.66. The van der Waals surface area contributed by atoms with Gasteiger partial charge >= 0.3 is 0 Å². The molecule has 0 aromatic rings. The summed E-state index contributed by atoms with van der Waals surface area (Å²) < 4.78 is 0. The summed E-state index contributed by atoms with van der Waals surface area (Å²) in [4.78, 5) is 13.2. The van der Waals surface area contributed by atoms with E-state index < -0.39 is 0 Å². The smallest absolute Gasteiger partial charge is 0.209 e. The van der Waals surface area contributed by atoms with Crippen LogP contribution in [0.3, 0.4) is 0 Å². The average molecular weight is 368 g/mol. The maximum atomic E-state index is 11.2. The second-order valence-corrected chi connectivity index (χ2v) is 8.15. The first-order chi connectivity index (χ1) is 12.8. The molecule has 0 saturated heterocycles. The number of nitrogens with zero attached hydrogens (tertiary/aromatic N) is 1. The van der Waals surface area contributed by atoms with Gasteiger partial charge in [-0.3, -0.25) is 4.79 Å². The van der Waals surface area contributed by atoms with E-state index in [-0.39, 0.29) is 0 Å². The lowest BCUT2D eigenvalue weighted by atomic mass is 10.1. The van der Waals surface area contributed by atoms with Gasteiger partial charge in [0.15, 0.2) is 0 Å². The molecule has 0 spiro atoms. The van der Waals surface area contributed by atoms with E-state index >= 15 is 0 Å². The Balaban J connectivity index is 3.28. The van der Waals surface area contributed by atoms with Crippen LogP contribution in [0.5, 0.6) is 0 Å². The van der Waals surface area contributed by atoms with Gasteiger partial charge in [0.05, 0.1) is 0 Å². The second kappa shape index (κ2) is 22.5. The Morgan fingerprint density at radius 2 is 0.731 bits per heavy atom. The van der Waals surface area contributed by atoms with Crippen molar-refractivity contribution in [1.29, 1.82) is 0 Å². The van der Waals surface area contributed by atoms with Gasteiger partial charge in [0.25, 0.3) is 0 Å². The molecule has 2 heteroatoms. The molecule has 0 aliphatic rings. The van der Waals surface area contributed by atoms with Crippen LogP contribution in [0, 0.1) is 0 Å². The number of carbonyl (C=O) groups excluding carboxylic acids is 1. The standard InChI is InChI=1S/C24H49NO/c1-3-5-7-9-11-13-14-15-17-19-21-23-25(24-26)22-20-18-16-12-10-8-6-4-2/h24H,3-23H2,1-2H3. The molecule has 0 fully saturated rings. The predicted molar refractivity (Wildman–Crippen MR) is 117 cm³/mol. The van der Waals surface area contributed by atoms with Gasteiger partial charge in [-0.25, -0.2) is 0 Å². The number of unbranched alkanes of at least 4 members (excludes halogenated alkanes) is 17. The van der Waals surface area contributed by atoms with Crippen LogP contribution < -0.4 is 0 Å². The molecule has 0 rings (SSSR count). The van der Waals surface area contributed by atoms with Crippen molar-refractivity contribution in [3.05, 3.63) is 0 Å². The van der Waals surface area contributed by atoms with E-state index in [0.29, 0.717) is 0 Å². The van der Waals surface area contributed by atoms with Crippen LogP contribution in [0.25, 0.3) is 0 Å². The van der Waals surface area contributed by atoms with E-state index in [2.05, 4.69) is 13.8 Å². The van der Waals surface area contributed by atoms with Crippen molar-refractivity contribution < 1.29 is 4.79 Å². The van der Waals surface area contributed by atoms with E-state index in [9.17, 15) is 4.79 Å². The molecule has 0 aliphatic carbocycles. The fraction of sp³-hybridized carbons (Fsp3) is 0.958. The van der Waals surface area contributed by atoms with Crippen LogP contribution in [0.2, 0.25) is 0 Å². The minimum Gasteiger partial charge on any atom is -0.345 e. The van der Waals surface area contributed by atoms with Crippen LogP contribution in [-0.2, 0) is 4.79 Å². The fourth-order valence-electron chi connectivity index (χ4n) is 3.65. The number of hydrogen-bond donors (Lipinski definition) is 0. The third-order valence-corrected chi connectivity index (χ3v) is 5.50. The predicted octanol–water partition coefficient (Wildman–Crippen LogP) is 7.90. The quantitative estimate of drug-likeness (QED) is 0.141. The van der Waals surface area contributed by atoms with Crippen molar-refractivity contribution in [2.24, 2.45) is 0 Å². The normalized spacial score (nSPS) is 11.0. The molecular formula is C24H49NO. The van der Waals surface area contributed by atoms with Gasteiger partial charge in [0.1, 0.15) is 0 Å². The lowest BCUT2D eigenvalue weighted by Crippen LogP contribution is -2.24. The van der Waals surface area contributed by atoms with Crippen molar-refractivity contribution in [2.45, 2.75) is 136 Å². The molecule has 0 bridgehead atoms. The van der Waals surface area contributed by atoms with E-state index in [0.717, 1.165) is 19.5 Å². The van der Waals surface area contributed by atoms with Gasteiger partial charge in [0, 0.05) is 13.1 Å². The SMILES string of the molecule is CCCCCCCCCCCCCN(C=O)CCCCCCCCCC. The first kappa shape index (κ1) is 25.5. The van der Waals surface area contributed by atoms with Crippen LogP contribution in [0.15, 0.2) is 0 Å². The number of amides is 1. The van der Waals surface area contributed by atoms with E-state index in [4.69, 9.17) is 0 Å². The summed E-state index contributed by atoms with van der Waals surface area (Å²) in [6, 6.07) is 0. The summed E-state index contributed by atoms with van der Waals surface area (Å²) >= 11 is 0. The summed E-state index contributed by atoms with van der Waals surface area (Å²) in [6.45, 7) is 6.48. The fourth-order valence-corrected chi connectivity index (χ4v) is 3.65. The van der Waals surface area contributed by atoms with Gasteiger partial charge in [-0.2, -0.15) is 0 Å². The highest BCUT2D eigenvalue weighted by atomic mass is 16.1. The largest absolute Gasteiger partial charge is 0.345 e. The monoisotopic (exact) mass is 367 g/mol. The highest BCUT2D eigenvalue weighted by molar-refractivity contribution is 5.46. The van der Waals surface area contributed by atoms with Gasteiger partial charge in [-0.1, -0.05) is 123 Å². The molecule has 0 aliphatic heterocycles. The van der Waals surface area contributed by atoms with Gasteiger partial charge in [-0.15, -0.1) is 0 Å². The van der Waals surface area contributed by atoms with Crippen molar-refractivity contribution >= 4 is 6.41 Å². The summed E-state index contributed by atoms with van der Waals surface area (Å²) in [5, 5.41) is 0. The Bertz CT molecular complexity index is 267. The summed E-state index contributed by atoms with van der Waals surface area (Å²) in [5.74, 6) is 0. The summed E-state index contributed by atoms with van der Waals surface area (Å²) in [6.07, 6.45) is 26.8. The van der Waals surface area contributed by atoms with Crippen LogP contribution in [-0.4, -0.2) is 24.4 Å². The second-order valence-electron chi connectivity index (χ2n) is 8.15. The summed E-state index contributed by atoms with van der Waals surface area (Å²) in [7, 11) is 0. The molecule has 0 unspecified atom stereocenters. The number of hydrogen-bond acceptors (Lipinski definition) is 1. The van der Waals surface area contributed by atoms with Gasteiger partial charge in [0.2, 0.25) is 6.41 Å². The Labute approximate surface area is 165 Å². The zero-order chi connectivity index (χ0) is 19.1. The number of carbonyl (C=O) groups is 1. The molecule has 0 radical (unpaired) electrons. The van der Waals surface area contributed by atoms with Gasteiger partial charge in [-0.05, 0) is 12.8 Å². The minimum atomic E-state index is 0.968. The van der Waals surface area contributed by atoms with Crippen molar-refractivity contribution in [2.75, 3.05) is 13.1 Å². The maximum Gasteiger partial charge on any atom is 0.209 e. The Morgan fingerprint density at radius 1 is 0.462 bits per heavy atom. The molecule has 0 heterocycles. The highest BCUT2D eigenvalue weighted by Gasteiger charge is 2.01. The molecule has 0 aromatic heterocycles. The lowest BCUT2D eigenvalue weighted by Gasteiger charge is -2.17. The van der Waals surface area contributed by atoms with Gasteiger partial charge < -0.3 is 4.90 Å². The summed E-state index contributed by atoms with van der Waals surface area (Å²) in [5.41, 5.74) is 0. The van der Waals surface area contributed by atoms with E-state index in [1.165, 1.54) is 122 Å². The third-order valence-electron chi connectivity index (χ3n) is 5.50. The van der Waals surface area contributed by atoms with Crippen LogP contribution in [0.1, 0.15) is 136 Å². The maximum absolute atomic E-state index is 11.2. The first-order valence-corrected chi connectivity index (χ1v) is 12.0. The lowest BCUT2D eigenvalue weighted by molar-refractivity contribution is -0.118. The van der Waals surface area contributed by atoms with Crippen molar-refractivity contribution in [3.8, 4) is 0 Å². The Hall–Kier alpha value is -0.530.